The number of rotatable bonds is 6. The van der Waals surface area contributed by atoms with Crippen LogP contribution in [0.25, 0.3) is 0 Å². The van der Waals surface area contributed by atoms with E-state index in [1.54, 1.807) is 7.11 Å². The minimum atomic E-state index is 0.752. The van der Waals surface area contributed by atoms with Crippen LogP contribution >= 0.6 is 0 Å². The Labute approximate surface area is 169 Å². The van der Waals surface area contributed by atoms with Crippen LogP contribution in [-0.4, -0.2) is 26.7 Å². The van der Waals surface area contributed by atoms with E-state index < -0.39 is 0 Å². The largest absolute Gasteiger partial charge is 0.497 e. The summed E-state index contributed by atoms with van der Waals surface area (Å²) < 4.78 is 5.47. The van der Waals surface area contributed by atoms with Crippen molar-refractivity contribution in [3.05, 3.63) is 59.7 Å². The second-order valence-corrected chi connectivity index (χ2v) is 8.54. The third kappa shape index (κ3) is 4.20. The molecule has 3 heteroatoms. The lowest BCUT2D eigenvalue weighted by atomic mass is 9.68. The molecule has 2 N–H and O–H groups in total. The van der Waals surface area contributed by atoms with Crippen LogP contribution in [0.15, 0.2) is 48.5 Å². The van der Waals surface area contributed by atoms with Gasteiger partial charge in [-0.25, -0.2) is 0 Å². The Morgan fingerprint density at radius 2 is 1.79 bits per heavy atom. The van der Waals surface area contributed by atoms with E-state index >= 15 is 0 Å². The number of fused-ring (bicyclic) bond motifs is 1. The topological polar surface area (TPSA) is 38.5 Å². The molecule has 3 nitrogen and oxygen atoms in total. The van der Waals surface area contributed by atoms with Gasteiger partial charge in [-0.2, -0.15) is 0 Å². The number of nitrogens with zero attached hydrogens (tertiary/aromatic N) is 1. The Morgan fingerprint density at radius 3 is 2.50 bits per heavy atom. The highest BCUT2D eigenvalue weighted by molar-refractivity contribution is 5.46. The fourth-order valence-electron chi connectivity index (χ4n) is 5.53. The molecule has 150 valence electrons. The molecule has 2 atom stereocenters. The van der Waals surface area contributed by atoms with Crippen molar-refractivity contribution < 1.29 is 4.74 Å². The van der Waals surface area contributed by atoms with Gasteiger partial charge in [-0.1, -0.05) is 24.3 Å². The zero-order chi connectivity index (χ0) is 19.3. The van der Waals surface area contributed by atoms with Gasteiger partial charge in [0.1, 0.15) is 5.75 Å². The van der Waals surface area contributed by atoms with Crippen molar-refractivity contribution in [2.45, 2.75) is 38.5 Å². The van der Waals surface area contributed by atoms with Crippen LogP contribution in [0, 0.1) is 17.8 Å². The summed E-state index contributed by atoms with van der Waals surface area (Å²) in [5, 5.41) is 0. The first-order valence-electron chi connectivity index (χ1n) is 10.9. The van der Waals surface area contributed by atoms with Gasteiger partial charge in [-0.05, 0) is 98.2 Å². The van der Waals surface area contributed by atoms with Gasteiger partial charge in [-0.15, -0.1) is 0 Å². The fraction of sp³-hybridized carbons (Fsp3) is 0.520. The van der Waals surface area contributed by atoms with Crippen LogP contribution in [0.1, 0.15) is 36.8 Å². The van der Waals surface area contributed by atoms with Crippen LogP contribution < -0.4 is 15.4 Å². The molecule has 1 heterocycles. The maximum absolute atomic E-state index is 6.07. The molecule has 1 aliphatic heterocycles. The predicted molar refractivity (Wildman–Crippen MR) is 117 cm³/mol. The van der Waals surface area contributed by atoms with E-state index in [-0.39, 0.29) is 0 Å². The summed E-state index contributed by atoms with van der Waals surface area (Å²) in [4.78, 5) is 2.55. The average molecular weight is 379 g/mol. The first-order valence-corrected chi connectivity index (χ1v) is 10.9. The van der Waals surface area contributed by atoms with Crippen LogP contribution in [0.4, 0.5) is 5.69 Å². The summed E-state index contributed by atoms with van der Waals surface area (Å²) in [6.07, 6.45) is 7.45. The smallest absolute Gasteiger partial charge is 0.119 e. The summed E-state index contributed by atoms with van der Waals surface area (Å²) in [6, 6.07) is 17.5. The molecule has 0 saturated carbocycles. The quantitative estimate of drug-likeness (QED) is 0.793. The third-order valence-corrected chi connectivity index (χ3v) is 7.05. The summed E-state index contributed by atoms with van der Waals surface area (Å²) in [6.45, 7) is 3.16. The number of benzene rings is 2. The van der Waals surface area contributed by atoms with Crippen molar-refractivity contribution in [2.24, 2.45) is 23.5 Å². The number of hydrogen-bond donors (Lipinski definition) is 1. The normalized spacial score (nSPS) is 21.2. The first kappa shape index (κ1) is 19.3. The minimum Gasteiger partial charge on any atom is -0.497 e. The molecular weight excluding hydrogens is 344 g/mol. The number of methoxy groups -OCH3 is 1. The summed E-state index contributed by atoms with van der Waals surface area (Å²) in [7, 11) is 1.76. The van der Waals surface area contributed by atoms with Gasteiger partial charge >= 0.3 is 0 Å². The first-order chi connectivity index (χ1) is 13.8. The molecule has 0 amide bonds. The fourth-order valence-corrected chi connectivity index (χ4v) is 5.53. The van der Waals surface area contributed by atoms with E-state index in [9.17, 15) is 0 Å². The van der Waals surface area contributed by atoms with Gasteiger partial charge in [-0.3, -0.25) is 0 Å². The molecule has 2 unspecified atom stereocenters. The molecule has 1 fully saturated rings. The molecule has 28 heavy (non-hydrogen) atoms. The monoisotopic (exact) mass is 378 g/mol. The molecule has 2 aromatic rings. The molecule has 4 rings (SSSR count). The van der Waals surface area contributed by atoms with Crippen molar-refractivity contribution >= 4 is 5.69 Å². The van der Waals surface area contributed by atoms with E-state index in [2.05, 4.69) is 53.4 Å². The van der Waals surface area contributed by atoms with Gasteiger partial charge in [0.05, 0.1) is 7.11 Å². The Kier molecular flexibility index (Phi) is 6.21. The predicted octanol–water partition coefficient (Wildman–Crippen LogP) is 4.68. The minimum absolute atomic E-state index is 0.752. The Balaban J connectivity index is 1.43. The van der Waals surface area contributed by atoms with E-state index in [4.69, 9.17) is 10.5 Å². The lowest BCUT2D eigenvalue weighted by Crippen LogP contribution is -2.39. The number of hydrogen-bond acceptors (Lipinski definition) is 3. The zero-order valence-corrected chi connectivity index (χ0v) is 17.1. The molecule has 0 aromatic heterocycles. The van der Waals surface area contributed by atoms with Crippen LogP contribution in [-0.2, 0) is 12.8 Å². The van der Waals surface area contributed by atoms with Crippen LogP contribution in [0.5, 0.6) is 5.75 Å². The van der Waals surface area contributed by atoms with Crippen molar-refractivity contribution in [3.63, 3.8) is 0 Å². The van der Waals surface area contributed by atoms with Gasteiger partial charge in [0.25, 0.3) is 0 Å². The standard InChI is InChI=1S/C25H34N2O/c1-28-24-10-9-19-7-8-21(17-22(19)18-24)25(11-14-26)20-12-15-27(16-13-20)23-5-3-2-4-6-23/h2-6,9-10,18,20-21,25H,7-8,11-17,26H2,1H3. The molecule has 2 aliphatic rings. The zero-order valence-electron chi connectivity index (χ0n) is 17.1. The molecule has 1 aliphatic carbocycles. The molecule has 0 spiro atoms. The second-order valence-electron chi connectivity index (χ2n) is 8.54. The summed E-state index contributed by atoms with van der Waals surface area (Å²) in [5.74, 6) is 3.31. The number of aryl methyl sites for hydroxylation is 1. The number of nitrogens with two attached hydrogens (primary N) is 1. The Hall–Kier alpha value is -2.00. The molecule has 0 radical (unpaired) electrons. The van der Waals surface area contributed by atoms with E-state index in [1.165, 1.54) is 68.4 Å². The third-order valence-electron chi connectivity index (χ3n) is 7.05. The Bertz CT molecular complexity index is 752. The maximum atomic E-state index is 6.07. The molecular formula is C25H34N2O. The van der Waals surface area contributed by atoms with Crippen molar-refractivity contribution in [1.29, 1.82) is 0 Å². The lowest BCUT2D eigenvalue weighted by molar-refractivity contribution is 0.169. The highest BCUT2D eigenvalue weighted by Gasteiger charge is 2.33. The van der Waals surface area contributed by atoms with Crippen molar-refractivity contribution in [2.75, 3.05) is 31.6 Å². The lowest BCUT2D eigenvalue weighted by Gasteiger charge is -2.41. The molecule has 2 aromatic carbocycles. The van der Waals surface area contributed by atoms with E-state index in [1.807, 2.05) is 0 Å². The summed E-state index contributed by atoms with van der Waals surface area (Å²) >= 11 is 0. The second kappa shape index (κ2) is 9.00. The van der Waals surface area contributed by atoms with Gasteiger partial charge in [0, 0.05) is 18.8 Å². The average Bonchev–Trinajstić information content (AvgIpc) is 2.77. The number of anilines is 1. The van der Waals surface area contributed by atoms with E-state index in [0.29, 0.717) is 0 Å². The number of ether oxygens (including phenoxy) is 1. The highest BCUT2D eigenvalue weighted by Crippen LogP contribution is 2.40. The number of piperidine rings is 1. The van der Waals surface area contributed by atoms with Crippen LogP contribution in [0.2, 0.25) is 0 Å². The summed E-state index contributed by atoms with van der Waals surface area (Å²) in [5.41, 5.74) is 10.5. The Morgan fingerprint density at radius 1 is 1.00 bits per heavy atom. The SMILES string of the molecule is COc1ccc2c(c1)CC(C(CCN)C1CCN(c3ccccc3)CC1)CC2. The molecule has 1 saturated heterocycles. The van der Waals surface area contributed by atoms with Gasteiger partial charge in [0.2, 0.25) is 0 Å². The van der Waals surface area contributed by atoms with Crippen molar-refractivity contribution in [1.82, 2.24) is 0 Å². The van der Waals surface area contributed by atoms with E-state index in [0.717, 1.165) is 30.0 Å². The van der Waals surface area contributed by atoms with Crippen LogP contribution in [0.3, 0.4) is 0 Å². The van der Waals surface area contributed by atoms with Crippen molar-refractivity contribution in [3.8, 4) is 5.75 Å². The maximum Gasteiger partial charge on any atom is 0.119 e. The van der Waals surface area contributed by atoms with Gasteiger partial charge < -0.3 is 15.4 Å². The van der Waals surface area contributed by atoms with Gasteiger partial charge in [0.15, 0.2) is 0 Å². The highest BCUT2D eigenvalue weighted by atomic mass is 16.5. The molecule has 0 bridgehead atoms. The number of para-hydroxylation sites is 1.